The fourth-order valence-electron chi connectivity index (χ4n) is 2.69. The van der Waals surface area contributed by atoms with Gasteiger partial charge in [-0.25, -0.2) is 9.78 Å². The first-order chi connectivity index (χ1) is 13.0. The minimum Gasteiger partial charge on any atom is -0.497 e. The molecular formula is C20H19ClN2O4. The molecule has 0 aliphatic heterocycles. The number of rotatable bonds is 6. The molecule has 0 radical (unpaired) electrons. The van der Waals surface area contributed by atoms with Crippen molar-refractivity contribution in [3.8, 4) is 11.5 Å². The molecule has 0 bridgehead atoms. The van der Waals surface area contributed by atoms with E-state index in [9.17, 15) is 4.79 Å². The monoisotopic (exact) mass is 386 g/mol. The van der Waals surface area contributed by atoms with Crippen LogP contribution in [0.1, 0.15) is 15.9 Å². The Labute approximate surface area is 162 Å². The molecule has 0 unspecified atom stereocenters. The highest BCUT2D eigenvalue weighted by atomic mass is 35.5. The van der Waals surface area contributed by atoms with Crippen molar-refractivity contribution < 1.29 is 19.0 Å². The zero-order valence-electron chi connectivity index (χ0n) is 15.2. The van der Waals surface area contributed by atoms with Crippen molar-refractivity contribution in [3.63, 3.8) is 0 Å². The quantitative estimate of drug-likeness (QED) is 0.637. The summed E-state index contributed by atoms with van der Waals surface area (Å²) >= 11 is 6.35. The van der Waals surface area contributed by atoms with Crippen LogP contribution >= 0.6 is 11.6 Å². The van der Waals surface area contributed by atoms with Crippen LogP contribution in [0, 0.1) is 0 Å². The summed E-state index contributed by atoms with van der Waals surface area (Å²) in [7, 11) is 4.55. The van der Waals surface area contributed by atoms with Crippen LogP contribution < -0.4 is 14.8 Å². The molecule has 0 fully saturated rings. The second-order valence-corrected chi connectivity index (χ2v) is 6.16. The van der Waals surface area contributed by atoms with E-state index in [1.807, 2.05) is 18.2 Å². The van der Waals surface area contributed by atoms with Gasteiger partial charge in [0.05, 0.1) is 37.4 Å². The van der Waals surface area contributed by atoms with E-state index in [-0.39, 0.29) is 0 Å². The lowest BCUT2D eigenvalue weighted by Crippen LogP contribution is -2.05. The number of anilines is 1. The number of carbonyl (C=O) groups is 1. The number of nitrogens with zero attached hydrogens (tertiary/aromatic N) is 1. The number of esters is 1. The lowest BCUT2D eigenvalue weighted by molar-refractivity contribution is 0.0601. The number of hydrogen-bond donors (Lipinski definition) is 1. The Morgan fingerprint density at radius 3 is 2.59 bits per heavy atom. The Balaban J connectivity index is 1.88. The van der Waals surface area contributed by atoms with E-state index in [1.54, 1.807) is 38.5 Å². The molecular weight excluding hydrogens is 368 g/mol. The predicted octanol–water partition coefficient (Wildman–Crippen LogP) is 4.30. The maximum atomic E-state index is 11.7. The highest BCUT2D eigenvalue weighted by molar-refractivity contribution is 6.33. The van der Waals surface area contributed by atoms with E-state index in [0.717, 1.165) is 10.9 Å². The summed E-state index contributed by atoms with van der Waals surface area (Å²) in [6, 6.07) is 12.5. The van der Waals surface area contributed by atoms with Crippen LogP contribution in [0.2, 0.25) is 5.02 Å². The van der Waals surface area contributed by atoms with Crippen LogP contribution in [-0.2, 0) is 11.3 Å². The summed E-state index contributed by atoms with van der Waals surface area (Å²) in [4.78, 5) is 16.3. The highest BCUT2D eigenvalue weighted by Gasteiger charge is 2.11. The number of aromatic nitrogens is 1. The molecule has 0 aliphatic rings. The van der Waals surface area contributed by atoms with Crippen molar-refractivity contribution in [1.29, 1.82) is 0 Å². The minimum atomic E-state index is -0.411. The molecule has 0 spiro atoms. The zero-order chi connectivity index (χ0) is 19.4. The van der Waals surface area contributed by atoms with Crippen LogP contribution in [0.5, 0.6) is 11.5 Å². The molecule has 1 N–H and O–H groups in total. The van der Waals surface area contributed by atoms with E-state index < -0.39 is 5.97 Å². The SMILES string of the molecule is COC(=O)c1ccc2cc(Cl)c(NCc3ccc(OC)cc3OC)nc2c1. The fraction of sp³-hybridized carbons (Fsp3) is 0.200. The second kappa shape index (κ2) is 8.14. The number of hydrogen-bond acceptors (Lipinski definition) is 6. The van der Waals surface area contributed by atoms with E-state index in [2.05, 4.69) is 10.3 Å². The summed E-state index contributed by atoms with van der Waals surface area (Å²) in [5, 5.41) is 4.54. The van der Waals surface area contributed by atoms with Gasteiger partial charge in [-0.15, -0.1) is 0 Å². The molecule has 3 aromatic rings. The van der Waals surface area contributed by atoms with Gasteiger partial charge in [-0.1, -0.05) is 17.7 Å². The Kier molecular flexibility index (Phi) is 5.66. The number of fused-ring (bicyclic) bond motifs is 1. The summed E-state index contributed by atoms with van der Waals surface area (Å²) in [6.07, 6.45) is 0. The largest absolute Gasteiger partial charge is 0.497 e. The van der Waals surface area contributed by atoms with Gasteiger partial charge in [0.25, 0.3) is 0 Å². The van der Waals surface area contributed by atoms with Gasteiger partial charge in [-0.2, -0.15) is 0 Å². The third-order valence-corrected chi connectivity index (χ3v) is 4.42. The number of methoxy groups -OCH3 is 3. The lowest BCUT2D eigenvalue weighted by atomic mass is 10.1. The van der Waals surface area contributed by atoms with Crippen molar-refractivity contribution in [1.82, 2.24) is 4.98 Å². The predicted molar refractivity (Wildman–Crippen MR) is 105 cm³/mol. The molecule has 0 saturated carbocycles. The van der Waals surface area contributed by atoms with E-state index in [4.69, 9.17) is 25.8 Å². The number of halogens is 1. The number of carbonyl (C=O) groups excluding carboxylic acids is 1. The summed E-state index contributed by atoms with van der Waals surface area (Å²) in [5.74, 6) is 1.52. The van der Waals surface area contributed by atoms with Crippen LogP contribution in [-0.4, -0.2) is 32.3 Å². The van der Waals surface area contributed by atoms with Gasteiger partial charge in [-0.3, -0.25) is 0 Å². The van der Waals surface area contributed by atoms with Gasteiger partial charge in [0.15, 0.2) is 0 Å². The third-order valence-electron chi connectivity index (χ3n) is 4.13. The Morgan fingerprint density at radius 2 is 1.89 bits per heavy atom. The van der Waals surface area contributed by atoms with Crippen LogP contribution in [0.25, 0.3) is 10.9 Å². The van der Waals surface area contributed by atoms with E-state index >= 15 is 0 Å². The lowest BCUT2D eigenvalue weighted by Gasteiger charge is -2.13. The summed E-state index contributed by atoms with van der Waals surface area (Å²) in [5.41, 5.74) is 2.01. The molecule has 140 valence electrons. The maximum Gasteiger partial charge on any atom is 0.337 e. The molecule has 3 rings (SSSR count). The van der Waals surface area contributed by atoms with Gasteiger partial charge in [0.1, 0.15) is 17.3 Å². The van der Waals surface area contributed by atoms with E-state index in [1.165, 1.54) is 7.11 Å². The molecule has 0 atom stereocenters. The number of ether oxygens (including phenoxy) is 3. The standard InChI is InChI=1S/C20H19ClN2O4/c1-25-15-7-6-14(18(10-15)26-2)11-22-19-16(21)8-12-4-5-13(20(24)27-3)9-17(12)23-19/h4-10H,11H2,1-3H3,(H,22,23). The smallest absolute Gasteiger partial charge is 0.337 e. The Bertz CT molecular complexity index is 991. The number of benzene rings is 2. The molecule has 1 aromatic heterocycles. The van der Waals surface area contributed by atoms with Gasteiger partial charge in [0.2, 0.25) is 0 Å². The van der Waals surface area contributed by atoms with Crippen molar-refractivity contribution in [2.24, 2.45) is 0 Å². The van der Waals surface area contributed by atoms with Crippen LogP contribution in [0.3, 0.4) is 0 Å². The van der Waals surface area contributed by atoms with E-state index in [0.29, 0.717) is 40.0 Å². The zero-order valence-corrected chi connectivity index (χ0v) is 16.0. The van der Waals surface area contributed by atoms with Crippen LogP contribution in [0.4, 0.5) is 5.82 Å². The summed E-state index contributed by atoms with van der Waals surface area (Å²) in [6.45, 7) is 0.460. The van der Waals surface area contributed by atoms with Gasteiger partial charge >= 0.3 is 5.97 Å². The van der Waals surface area contributed by atoms with Crippen molar-refractivity contribution in [2.75, 3.05) is 26.6 Å². The average Bonchev–Trinajstić information content (AvgIpc) is 2.71. The van der Waals surface area contributed by atoms with Crippen LogP contribution in [0.15, 0.2) is 42.5 Å². The van der Waals surface area contributed by atoms with Gasteiger partial charge in [0, 0.05) is 23.6 Å². The number of nitrogens with one attached hydrogen (secondary N) is 1. The van der Waals surface area contributed by atoms with Crippen molar-refractivity contribution >= 4 is 34.3 Å². The molecule has 2 aromatic carbocycles. The Morgan fingerprint density at radius 1 is 1.07 bits per heavy atom. The third kappa shape index (κ3) is 4.06. The highest BCUT2D eigenvalue weighted by Crippen LogP contribution is 2.28. The molecule has 0 amide bonds. The maximum absolute atomic E-state index is 11.7. The normalized spacial score (nSPS) is 10.5. The molecule has 6 nitrogen and oxygen atoms in total. The average molecular weight is 387 g/mol. The van der Waals surface area contributed by atoms with Crippen molar-refractivity contribution in [2.45, 2.75) is 6.54 Å². The minimum absolute atomic E-state index is 0.411. The number of pyridine rings is 1. The second-order valence-electron chi connectivity index (χ2n) is 5.75. The van der Waals surface area contributed by atoms with Gasteiger partial charge < -0.3 is 19.5 Å². The first-order valence-electron chi connectivity index (χ1n) is 8.19. The molecule has 1 heterocycles. The van der Waals surface area contributed by atoms with Crippen molar-refractivity contribution in [3.05, 3.63) is 58.6 Å². The fourth-order valence-corrected chi connectivity index (χ4v) is 2.91. The topological polar surface area (TPSA) is 69.7 Å². The first kappa shape index (κ1) is 18.8. The van der Waals surface area contributed by atoms with Gasteiger partial charge in [-0.05, 0) is 30.3 Å². The summed E-state index contributed by atoms with van der Waals surface area (Å²) < 4.78 is 15.4. The molecule has 7 heteroatoms. The molecule has 0 aliphatic carbocycles. The molecule has 27 heavy (non-hydrogen) atoms. The first-order valence-corrected chi connectivity index (χ1v) is 8.57. The Hall–Kier alpha value is -2.99. The molecule has 0 saturated heterocycles.